The third kappa shape index (κ3) is 3.98. The maximum Gasteiger partial charge on any atom is 0.123 e. The molecule has 0 bridgehead atoms. The predicted octanol–water partition coefficient (Wildman–Crippen LogP) is 1.83. The summed E-state index contributed by atoms with van der Waals surface area (Å²) in [7, 11) is 1.93. The van der Waals surface area contributed by atoms with Crippen LogP contribution in [0.15, 0.2) is 24.3 Å². The number of hydrogen-bond donors (Lipinski definition) is 2. The first-order valence-corrected chi connectivity index (χ1v) is 5.26. The van der Waals surface area contributed by atoms with Gasteiger partial charge in [-0.15, -0.1) is 0 Å². The molecule has 0 saturated carbocycles. The average Bonchev–Trinajstić information content (AvgIpc) is 2.16. The van der Waals surface area contributed by atoms with Gasteiger partial charge in [-0.2, -0.15) is 0 Å². The summed E-state index contributed by atoms with van der Waals surface area (Å²) in [6.07, 6.45) is 0. The van der Waals surface area contributed by atoms with Crippen molar-refractivity contribution in [1.82, 2.24) is 4.90 Å². The number of benzene rings is 1. The van der Waals surface area contributed by atoms with Gasteiger partial charge in [-0.05, 0) is 24.7 Å². The molecule has 1 aromatic carbocycles. The van der Waals surface area contributed by atoms with E-state index in [1.54, 1.807) is 6.07 Å². The molecule has 16 heavy (non-hydrogen) atoms. The molecule has 3 N–H and O–H groups in total. The van der Waals surface area contributed by atoms with Crippen LogP contribution in [0.1, 0.15) is 12.5 Å². The summed E-state index contributed by atoms with van der Waals surface area (Å²) in [5, 5.41) is 7.30. The molecule has 0 fully saturated rings. The van der Waals surface area contributed by atoms with Crippen molar-refractivity contribution in [1.29, 1.82) is 5.41 Å². The van der Waals surface area contributed by atoms with Gasteiger partial charge in [-0.3, -0.25) is 5.41 Å². The maximum absolute atomic E-state index is 12.9. The molecule has 1 rings (SSSR count). The van der Waals surface area contributed by atoms with E-state index < -0.39 is 0 Å². The summed E-state index contributed by atoms with van der Waals surface area (Å²) in [5.74, 6) is -0.00447. The van der Waals surface area contributed by atoms with Crippen LogP contribution in [-0.2, 0) is 6.54 Å². The van der Waals surface area contributed by atoms with E-state index >= 15 is 0 Å². The van der Waals surface area contributed by atoms with E-state index in [1.165, 1.54) is 12.1 Å². The third-order valence-corrected chi connectivity index (χ3v) is 2.46. The third-order valence-electron chi connectivity index (χ3n) is 2.46. The van der Waals surface area contributed by atoms with Gasteiger partial charge in [-0.1, -0.05) is 19.1 Å². The van der Waals surface area contributed by atoms with E-state index in [2.05, 4.69) is 0 Å². The molecule has 0 heterocycles. The number of amidine groups is 1. The zero-order valence-electron chi connectivity index (χ0n) is 9.70. The molecule has 0 aliphatic heterocycles. The van der Waals surface area contributed by atoms with Crippen LogP contribution in [0.4, 0.5) is 4.39 Å². The van der Waals surface area contributed by atoms with E-state index in [-0.39, 0.29) is 17.6 Å². The van der Waals surface area contributed by atoms with Crippen molar-refractivity contribution >= 4 is 5.84 Å². The summed E-state index contributed by atoms with van der Waals surface area (Å²) >= 11 is 0. The lowest BCUT2D eigenvalue weighted by Crippen LogP contribution is -2.31. The van der Waals surface area contributed by atoms with E-state index in [1.807, 2.05) is 24.9 Å². The van der Waals surface area contributed by atoms with Crippen LogP contribution in [0.5, 0.6) is 0 Å². The first-order valence-electron chi connectivity index (χ1n) is 5.26. The molecular weight excluding hydrogens is 205 g/mol. The van der Waals surface area contributed by atoms with Crippen molar-refractivity contribution < 1.29 is 4.39 Å². The van der Waals surface area contributed by atoms with E-state index in [0.717, 1.165) is 5.56 Å². The molecule has 1 unspecified atom stereocenters. The molecule has 4 heteroatoms. The zero-order chi connectivity index (χ0) is 12.1. The summed E-state index contributed by atoms with van der Waals surface area (Å²) in [6, 6.07) is 6.54. The molecule has 0 aromatic heterocycles. The standard InChI is InChI=1S/C12H18FN3/c1-9(12(14)15)7-16(2)8-10-4-3-5-11(13)6-10/h3-6,9H,7-8H2,1-2H3,(H3,14,15). The molecule has 0 aliphatic rings. The summed E-state index contributed by atoms with van der Waals surface area (Å²) < 4.78 is 12.9. The Morgan fingerprint density at radius 3 is 2.81 bits per heavy atom. The Balaban J connectivity index is 2.51. The molecule has 1 aromatic rings. The van der Waals surface area contributed by atoms with Crippen molar-refractivity contribution in [3.05, 3.63) is 35.6 Å². The number of nitrogens with two attached hydrogens (primary N) is 1. The van der Waals surface area contributed by atoms with Gasteiger partial charge in [0.15, 0.2) is 0 Å². The first-order chi connectivity index (χ1) is 7.49. The Morgan fingerprint density at radius 1 is 1.56 bits per heavy atom. The van der Waals surface area contributed by atoms with Crippen LogP contribution >= 0.6 is 0 Å². The monoisotopic (exact) mass is 223 g/mol. The van der Waals surface area contributed by atoms with Gasteiger partial charge in [0.1, 0.15) is 5.82 Å². The Hall–Kier alpha value is -1.42. The highest BCUT2D eigenvalue weighted by Gasteiger charge is 2.09. The van der Waals surface area contributed by atoms with Crippen LogP contribution in [0.2, 0.25) is 0 Å². The minimum absolute atomic E-state index is 0.0264. The van der Waals surface area contributed by atoms with Crippen LogP contribution in [0.25, 0.3) is 0 Å². The fraction of sp³-hybridized carbons (Fsp3) is 0.417. The smallest absolute Gasteiger partial charge is 0.123 e. The molecule has 0 saturated heterocycles. The normalized spacial score (nSPS) is 12.8. The van der Waals surface area contributed by atoms with Crippen LogP contribution < -0.4 is 5.73 Å². The Kier molecular flexibility index (Phi) is 4.43. The average molecular weight is 223 g/mol. The number of nitrogens with one attached hydrogen (secondary N) is 1. The number of rotatable bonds is 5. The summed E-state index contributed by atoms with van der Waals surface area (Å²) in [5.41, 5.74) is 6.33. The summed E-state index contributed by atoms with van der Waals surface area (Å²) in [4.78, 5) is 2.03. The Morgan fingerprint density at radius 2 is 2.25 bits per heavy atom. The zero-order valence-corrected chi connectivity index (χ0v) is 9.70. The van der Waals surface area contributed by atoms with Crippen LogP contribution in [-0.4, -0.2) is 24.3 Å². The van der Waals surface area contributed by atoms with Crippen molar-refractivity contribution in [2.75, 3.05) is 13.6 Å². The lowest BCUT2D eigenvalue weighted by molar-refractivity contribution is 0.306. The SMILES string of the molecule is CC(CN(C)Cc1cccc(F)c1)C(=N)N. The van der Waals surface area contributed by atoms with Gasteiger partial charge in [0, 0.05) is 19.0 Å². The highest BCUT2D eigenvalue weighted by atomic mass is 19.1. The minimum atomic E-state index is -0.217. The Labute approximate surface area is 95.6 Å². The van der Waals surface area contributed by atoms with Crippen molar-refractivity contribution in [2.45, 2.75) is 13.5 Å². The lowest BCUT2D eigenvalue weighted by Gasteiger charge is -2.20. The minimum Gasteiger partial charge on any atom is -0.387 e. The van der Waals surface area contributed by atoms with Gasteiger partial charge < -0.3 is 10.6 Å². The van der Waals surface area contributed by atoms with Gasteiger partial charge in [-0.25, -0.2) is 4.39 Å². The van der Waals surface area contributed by atoms with Gasteiger partial charge in [0.05, 0.1) is 5.84 Å². The topological polar surface area (TPSA) is 53.1 Å². The highest BCUT2D eigenvalue weighted by molar-refractivity contribution is 5.79. The predicted molar refractivity (Wildman–Crippen MR) is 63.8 cm³/mol. The Bertz CT molecular complexity index is 365. The molecule has 3 nitrogen and oxygen atoms in total. The lowest BCUT2D eigenvalue weighted by atomic mass is 10.1. The van der Waals surface area contributed by atoms with Crippen molar-refractivity contribution in [3.8, 4) is 0 Å². The van der Waals surface area contributed by atoms with Crippen molar-refractivity contribution in [2.24, 2.45) is 11.7 Å². The van der Waals surface area contributed by atoms with Gasteiger partial charge >= 0.3 is 0 Å². The van der Waals surface area contributed by atoms with Gasteiger partial charge in [0.25, 0.3) is 0 Å². The molecule has 0 amide bonds. The highest BCUT2D eigenvalue weighted by Crippen LogP contribution is 2.07. The van der Waals surface area contributed by atoms with E-state index in [4.69, 9.17) is 11.1 Å². The second kappa shape index (κ2) is 5.61. The molecule has 0 spiro atoms. The fourth-order valence-electron chi connectivity index (χ4n) is 1.58. The number of halogens is 1. The fourth-order valence-corrected chi connectivity index (χ4v) is 1.58. The molecule has 88 valence electrons. The maximum atomic E-state index is 12.9. The first kappa shape index (κ1) is 12.6. The largest absolute Gasteiger partial charge is 0.387 e. The van der Waals surface area contributed by atoms with Gasteiger partial charge in [0.2, 0.25) is 0 Å². The molecule has 0 aliphatic carbocycles. The van der Waals surface area contributed by atoms with Crippen LogP contribution in [0.3, 0.4) is 0 Å². The quantitative estimate of drug-likeness (QED) is 0.591. The molecule has 0 radical (unpaired) electrons. The van der Waals surface area contributed by atoms with Crippen molar-refractivity contribution in [3.63, 3.8) is 0 Å². The second-order valence-corrected chi connectivity index (χ2v) is 4.18. The number of nitrogens with zero attached hydrogens (tertiary/aromatic N) is 1. The number of hydrogen-bond acceptors (Lipinski definition) is 2. The van der Waals surface area contributed by atoms with Crippen LogP contribution in [0, 0.1) is 17.1 Å². The second-order valence-electron chi connectivity index (χ2n) is 4.18. The molecule has 1 atom stereocenters. The van der Waals surface area contributed by atoms with E-state index in [9.17, 15) is 4.39 Å². The molecular formula is C12H18FN3. The summed E-state index contributed by atoms with van der Waals surface area (Å²) in [6.45, 7) is 3.27. The van der Waals surface area contributed by atoms with E-state index in [0.29, 0.717) is 13.1 Å².